The topological polar surface area (TPSA) is 100 Å². The molecule has 1 aromatic carbocycles. The number of ether oxygens (including phenoxy) is 2. The summed E-state index contributed by atoms with van der Waals surface area (Å²) in [5.41, 5.74) is 6.47. The monoisotopic (exact) mass is 509 g/mol. The Morgan fingerprint density at radius 2 is 2.03 bits per heavy atom. The number of carbonyl (C=O) groups excluding carboxylic acids is 1. The van der Waals surface area contributed by atoms with Crippen LogP contribution in [0.3, 0.4) is 0 Å². The quantitative estimate of drug-likeness (QED) is 0.560. The van der Waals surface area contributed by atoms with E-state index >= 15 is 0 Å². The first kappa shape index (κ1) is 24.5. The number of morpholine rings is 1. The van der Waals surface area contributed by atoms with Gasteiger partial charge in [0.25, 0.3) is 5.91 Å². The van der Waals surface area contributed by atoms with Gasteiger partial charge in [-0.3, -0.25) is 14.8 Å². The first-order valence-corrected chi connectivity index (χ1v) is 13.0. The maximum atomic E-state index is 13.1. The van der Waals surface area contributed by atoms with E-state index in [9.17, 15) is 10.1 Å². The number of pyridine rings is 2. The van der Waals surface area contributed by atoms with Gasteiger partial charge in [-0.2, -0.15) is 5.26 Å². The van der Waals surface area contributed by atoms with Crippen molar-refractivity contribution in [3.8, 4) is 17.2 Å². The summed E-state index contributed by atoms with van der Waals surface area (Å²) in [6.07, 6.45) is 4.42. The van der Waals surface area contributed by atoms with Gasteiger partial charge in [-0.1, -0.05) is 6.07 Å². The molecule has 194 valence electrons. The number of hydrogen-bond acceptors (Lipinski definition) is 7. The number of benzene rings is 1. The smallest absolute Gasteiger partial charge is 0.255 e. The summed E-state index contributed by atoms with van der Waals surface area (Å²) < 4.78 is 11.5. The van der Waals surface area contributed by atoms with Gasteiger partial charge >= 0.3 is 0 Å². The second-order valence-corrected chi connectivity index (χ2v) is 11.2. The van der Waals surface area contributed by atoms with Crippen molar-refractivity contribution < 1.29 is 14.3 Å². The number of rotatable bonds is 4. The number of nitrogens with zero attached hydrogens (tertiary/aromatic N) is 4. The molecule has 3 aromatic rings. The van der Waals surface area contributed by atoms with Crippen LogP contribution in [-0.4, -0.2) is 54.9 Å². The van der Waals surface area contributed by atoms with E-state index in [0.29, 0.717) is 29.6 Å². The van der Waals surface area contributed by atoms with Crippen molar-refractivity contribution >= 4 is 17.3 Å². The molecule has 5 heterocycles. The largest absolute Gasteiger partial charge is 0.380 e. The molecule has 38 heavy (non-hydrogen) atoms. The summed E-state index contributed by atoms with van der Waals surface area (Å²) >= 11 is 0. The van der Waals surface area contributed by atoms with Gasteiger partial charge in [-0.25, -0.2) is 0 Å². The molecule has 1 spiro atoms. The zero-order valence-corrected chi connectivity index (χ0v) is 22.0. The summed E-state index contributed by atoms with van der Waals surface area (Å²) in [4.78, 5) is 24.8. The van der Waals surface area contributed by atoms with Gasteiger partial charge < -0.3 is 19.7 Å². The van der Waals surface area contributed by atoms with Crippen molar-refractivity contribution in [2.24, 2.45) is 5.41 Å². The molecule has 1 atom stereocenters. The van der Waals surface area contributed by atoms with Gasteiger partial charge in [0.05, 0.1) is 61.0 Å². The first-order chi connectivity index (χ1) is 18.3. The molecule has 0 bridgehead atoms. The van der Waals surface area contributed by atoms with Gasteiger partial charge in [0, 0.05) is 47.6 Å². The highest BCUT2D eigenvalue weighted by Gasteiger charge is 2.53. The summed E-state index contributed by atoms with van der Waals surface area (Å²) in [7, 11) is 0. The SMILES string of the molecule is Cc1ccc(NC(=O)c2ccnc(C(C)(C)C#N)c2)cc1-c1cnc2c(c1)N1CCOCC1C1(COC1)C2. The minimum atomic E-state index is -0.780. The third-order valence-corrected chi connectivity index (χ3v) is 8.14. The highest BCUT2D eigenvalue weighted by molar-refractivity contribution is 6.04. The Labute approximate surface area is 222 Å². The van der Waals surface area contributed by atoms with Crippen LogP contribution in [0.25, 0.3) is 11.1 Å². The molecular formula is C30H31N5O3. The molecule has 3 aliphatic heterocycles. The van der Waals surface area contributed by atoms with Gasteiger partial charge in [-0.05, 0) is 62.2 Å². The van der Waals surface area contributed by atoms with Gasteiger partial charge in [0.2, 0.25) is 0 Å². The third kappa shape index (κ3) is 4.12. The second kappa shape index (κ2) is 9.19. The predicted octanol–water partition coefficient (Wildman–Crippen LogP) is 4.28. The van der Waals surface area contributed by atoms with Crippen LogP contribution in [0.4, 0.5) is 11.4 Å². The number of nitrogens with one attached hydrogen (secondary N) is 1. The molecule has 2 fully saturated rings. The fraction of sp³-hybridized carbons (Fsp3) is 0.400. The van der Waals surface area contributed by atoms with Crippen LogP contribution in [0, 0.1) is 23.7 Å². The first-order valence-electron chi connectivity index (χ1n) is 13.0. The lowest BCUT2D eigenvalue weighted by Crippen LogP contribution is -2.65. The minimum absolute atomic E-state index is 0.0946. The number of anilines is 2. The highest BCUT2D eigenvalue weighted by Crippen LogP contribution is 2.47. The lowest BCUT2D eigenvalue weighted by Gasteiger charge is -2.56. The molecule has 0 radical (unpaired) electrons. The van der Waals surface area contributed by atoms with Crippen LogP contribution >= 0.6 is 0 Å². The van der Waals surface area contributed by atoms with Crippen LogP contribution in [-0.2, 0) is 21.3 Å². The van der Waals surface area contributed by atoms with Crippen molar-refractivity contribution in [2.75, 3.05) is 43.2 Å². The molecule has 1 N–H and O–H groups in total. The van der Waals surface area contributed by atoms with Crippen LogP contribution in [0.5, 0.6) is 0 Å². The Morgan fingerprint density at radius 3 is 2.79 bits per heavy atom. The molecule has 2 aromatic heterocycles. The van der Waals surface area contributed by atoms with Crippen LogP contribution < -0.4 is 10.2 Å². The van der Waals surface area contributed by atoms with E-state index in [1.54, 1.807) is 32.2 Å². The van der Waals surface area contributed by atoms with Gasteiger partial charge in [-0.15, -0.1) is 0 Å². The Morgan fingerprint density at radius 1 is 1.18 bits per heavy atom. The maximum absolute atomic E-state index is 13.1. The van der Waals surface area contributed by atoms with E-state index in [2.05, 4.69) is 34.3 Å². The summed E-state index contributed by atoms with van der Waals surface area (Å²) in [6.45, 7) is 9.43. The van der Waals surface area contributed by atoms with Crippen LogP contribution in [0.2, 0.25) is 0 Å². The lowest BCUT2D eigenvalue weighted by atomic mass is 9.70. The average molecular weight is 510 g/mol. The van der Waals surface area contributed by atoms with Crippen molar-refractivity contribution in [3.63, 3.8) is 0 Å². The number of aryl methyl sites for hydroxylation is 1. The average Bonchev–Trinajstić information content (AvgIpc) is 2.92. The van der Waals surface area contributed by atoms with E-state index in [1.807, 2.05) is 24.4 Å². The predicted molar refractivity (Wildman–Crippen MR) is 144 cm³/mol. The second-order valence-electron chi connectivity index (χ2n) is 11.2. The summed E-state index contributed by atoms with van der Waals surface area (Å²) in [5, 5.41) is 12.5. The van der Waals surface area contributed by atoms with E-state index < -0.39 is 5.41 Å². The number of hydrogen-bond donors (Lipinski definition) is 1. The molecule has 0 saturated carbocycles. The Bertz CT molecular complexity index is 1460. The maximum Gasteiger partial charge on any atom is 0.255 e. The molecule has 1 unspecified atom stereocenters. The van der Waals surface area contributed by atoms with E-state index in [-0.39, 0.29) is 11.3 Å². The normalized spacial score (nSPS) is 19.6. The van der Waals surface area contributed by atoms with Crippen molar-refractivity contribution in [3.05, 3.63) is 71.3 Å². The molecule has 0 aliphatic carbocycles. The van der Waals surface area contributed by atoms with E-state index in [4.69, 9.17) is 14.5 Å². The lowest BCUT2D eigenvalue weighted by molar-refractivity contribution is -0.146. The third-order valence-electron chi connectivity index (χ3n) is 8.14. The standard InChI is InChI=1S/C30H31N5O3/c1-19-4-5-22(34-28(36)20-6-7-32-26(11-20)29(2,3)16-31)12-23(19)21-10-25-24(33-14-21)13-30(17-38-18-30)27-15-37-9-8-35(25)27/h4-7,10-12,14,27H,8-9,13,15,17-18H2,1-3H3,(H,34,36). The zero-order chi connectivity index (χ0) is 26.5. The Balaban J connectivity index is 1.29. The summed E-state index contributed by atoms with van der Waals surface area (Å²) in [6, 6.07) is 14.0. The fourth-order valence-electron chi connectivity index (χ4n) is 5.71. The van der Waals surface area contributed by atoms with E-state index in [1.165, 1.54) is 5.69 Å². The van der Waals surface area contributed by atoms with Gasteiger partial charge in [0.15, 0.2) is 0 Å². The molecule has 1 amide bonds. The van der Waals surface area contributed by atoms with Crippen molar-refractivity contribution in [1.29, 1.82) is 5.26 Å². The van der Waals surface area contributed by atoms with Crippen molar-refractivity contribution in [2.45, 2.75) is 38.6 Å². The van der Waals surface area contributed by atoms with Crippen molar-refractivity contribution in [1.82, 2.24) is 9.97 Å². The number of amides is 1. The number of nitriles is 1. The van der Waals surface area contributed by atoms with Crippen LogP contribution in [0.15, 0.2) is 48.8 Å². The molecule has 6 rings (SSSR count). The van der Waals surface area contributed by atoms with Gasteiger partial charge in [0.1, 0.15) is 0 Å². The molecule has 8 heteroatoms. The Kier molecular flexibility index (Phi) is 5.93. The fourth-order valence-corrected chi connectivity index (χ4v) is 5.71. The Hall–Kier alpha value is -3.80. The van der Waals surface area contributed by atoms with E-state index in [0.717, 1.165) is 55.2 Å². The number of fused-ring (bicyclic) bond motifs is 4. The molecule has 3 aliphatic rings. The molecular weight excluding hydrogens is 478 g/mol. The minimum Gasteiger partial charge on any atom is -0.380 e. The molecule has 2 saturated heterocycles. The molecule has 8 nitrogen and oxygen atoms in total. The highest BCUT2D eigenvalue weighted by atomic mass is 16.5. The van der Waals surface area contributed by atoms with Crippen LogP contribution in [0.1, 0.15) is 41.2 Å². The number of aromatic nitrogens is 2. The number of carbonyl (C=O) groups is 1. The summed E-state index contributed by atoms with van der Waals surface area (Å²) in [5.74, 6) is -0.245. The zero-order valence-electron chi connectivity index (χ0n) is 22.0.